The molecule has 3 aromatic rings. The fraction of sp³-hybridized carbons (Fsp3) is 0.421. The first-order valence-corrected chi connectivity index (χ1v) is 8.83. The van der Waals surface area contributed by atoms with E-state index in [4.69, 9.17) is 14.7 Å². The predicted octanol–water partition coefficient (Wildman–Crippen LogP) is 3.39. The van der Waals surface area contributed by atoms with Crippen LogP contribution in [-0.4, -0.2) is 40.1 Å². The molecule has 3 aromatic heterocycles. The lowest BCUT2D eigenvalue weighted by molar-refractivity contribution is 0.0710. The second kappa shape index (κ2) is 7.32. The minimum absolute atomic E-state index is 0. The molecule has 1 aliphatic heterocycles. The van der Waals surface area contributed by atoms with Crippen LogP contribution in [0.3, 0.4) is 0 Å². The van der Waals surface area contributed by atoms with Crippen LogP contribution in [0.15, 0.2) is 21.1 Å². The number of piperidine rings is 1. The molecule has 0 saturated carbocycles. The predicted molar refractivity (Wildman–Crippen MR) is 104 cm³/mol. The lowest BCUT2D eigenvalue weighted by Crippen LogP contribution is -2.45. The highest BCUT2D eigenvalue weighted by Crippen LogP contribution is 2.31. The van der Waals surface area contributed by atoms with Gasteiger partial charge in [0, 0.05) is 24.7 Å². The number of carbonyl (C=O) groups is 1. The summed E-state index contributed by atoms with van der Waals surface area (Å²) in [6, 6.07) is 3.75. The average Bonchev–Trinajstić information content (AvgIpc) is 3.15. The second-order valence-electron chi connectivity index (χ2n) is 6.98. The van der Waals surface area contributed by atoms with Crippen molar-refractivity contribution >= 4 is 29.4 Å². The first-order chi connectivity index (χ1) is 12.4. The first-order valence-electron chi connectivity index (χ1n) is 8.83. The summed E-state index contributed by atoms with van der Waals surface area (Å²) in [7, 11) is 0. The number of halogens is 1. The van der Waals surface area contributed by atoms with E-state index in [9.17, 15) is 4.79 Å². The number of hydrogen-bond donors (Lipinski definition) is 1. The maximum absolute atomic E-state index is 13.2. The quantitative estimate of drug-likeness (QED) is 0.720. The fourth-order valence-corrected chi connectivity index (χ4v) is 3.65. The van der Waals surface area contributed by atoms with Gasteiger partial charge in [0.05, 0.1) is 22.3 Å². The number of nitrogens with zero attached hydrogens (tertiary/aromatic N) is 3. The maximum atomic E-state index is 13.2. The molecule has 1 amide bonds. The Morgan fingerprint density at radius 3 is 2.74 bits per heavy atom. The van der Waals surface area contributed by atoms with Gasteiger partial charge < -0.3 is 19.6 Å². The van der Waals surface area contributed by atoms with Gasteiger partial charge in [-0.1, -0.05) is 5.16 Å². The lowest BCUT2D eigenvalue weighted by Gasteiger charge is -2.31. The van der Waals surface area contributed by atoms with Gasteiger partial charge in [0.25, 0.3) is 11.6 Å². The van der Waals surface area contributed by atoms with Gasteiger partial charge >= 0.3 is 0 Å². The molecule has 0 aromatic carbocycles. The van der Waals surface area contributed by atoms with Crippen LogP contribution in [0.4, 0.5) is 0 Å². The zero-order chi connectivity index (χ0) is 18.4. The third kappa shape index (κ3) is 3.44. The number of amides is 1. The van der Waals surface area contributed by atoms with Gasteiger partial charge in [0.2, 0.25) is 0 Å². The van der Waals surface area contributed by atoms with Crippen molar-refractivity contribution in [2.24, 2.45) is 5.73 Å². The van der Waals surface area contributed by atoms with Crippen LogP contribution in [0.25, 0.3) is 22.4 Å². The van der Waals surface area contributed by atoms with E-state index in [1.54, 1.807) is 0 Å². The molecule has 0 spiro atoms. The highest BCUT2D eigenvalue weighted by atomic mass is 35.5. The maximum Gasteiger partial charge on any atom is 0.259 e. The number of carbonyl (C=O) groups excluding carboxylic acids is 1. The Bertz CT molecular complexity index is 994. The van der Waals surface area contributed by atoms with E-state index in [0.717, 1.165) is 29.9 Å². The molecule has 0 aliphatic carbocycles. The van der Waals surface area contributed by atoms with Gasteiger partial charge in [-0.05, 0) is 45.7 Å². The van der Waals surface area contributed by atoms with Gasteiger partial charge in [-0.2, -0.15) is 0 Å². The third-order valence-corrected chi connectivity index (χ3v) is 4.91. The van der Waals surface area contributed by atoms with Gasteiger partial charge in [0.15, 0.2) is 0 Å². The van der Waals surface area contributed by atoms with Crippen LogP contribution < -0.4 is 5.73 Å². The monoisotopic (exact) mass is 390 g/mol. The minimum Gasteiger partial charge on any atom is -0.466 e. The van der Waals surface area contributed by atoms with Crippen molar-refractivity contribution in [3.05, 3.63) is 34.9 Å². The average molecular weight is 391 g/mol. The summed E-state index contributed by atoms with van der Waals surface area (Å²) >= 11 is 0. The van der Waals surface area contributed by atoms with Gasteiger partial charge in [-0.15, -0.1) is 12.4 Å². The van der Waals surface area contributed by atoms with E-state index in [2.05, 4.69) is 10.1 Å². The van der Waals surface area contributed by atoms with Crippen molar-refractivity contribution in [2.45, 2.75) is 39.7 Å². The highest BCUT2D eigenvalue weighted by molar-refractivity contribution is 6.07. The Morgan fingerprint density at radius 2 is 2.07 bits per heavy atom. The summed E-state index contributed by atoms with van der Waals surface area (Å²) in [6.07, 6.45) is 1.86. The molecule has 4 heterocycles. The van der Waals surface area contributed by atoms with Crippen LogP contribution in [0.5, 0.6) is 0 Å². The van der Waals surface area contributed by atoms with Crippen molar-refractivity contribution < 1.29 is 13.7 Å². The number of fused-ring (bicyclic) bond motifs is 1. The van der Waals surface area contributed by atoms with Crippen molar-refractivity contribution in [3.8, 4) is 11.3 Å². The normalized spacial score (nSPS) is 17.2. The molecule has 0 bridgehead atoms. The van der Waals surface area contributed by atoms with Crippen molar-refractivity contribution in [3.63, 3.8) is 0 Å². The van der Waals surface area contributed by atoms with E-state index in [1.807, 2.05) is 37.8 Å². The van der Waals surface area contributed by atoms with E-state index < -0.39 is 0 Å². The summed E-state index contributed by atoms with van der Waals surface area (Å²) in [5.41, 5.74) is 9.13. The zero-order valence-corrected chi connectivity index (χ0v) is 16.4. The van der Waals surface area contributed by atoms with E-state index in [0.29, 0.717) is 41.1 Å². The molecular weight excluding hydrogens is 368 g/mol. The lowest BCUT2D eigenvalue weighted by atomic mass is 10.0. The molecule has 1 atom stereocenters. The van der Waals surface area contributed by atoms with Crippen molar-refractivity contribution in [1.82, 2.24) is 15.0 Å². The first kappa shape index (κ1) is 19.4. The standard InChI is InChI=1S/C19H22N4O3.ClH/c1-10-7-14(12(3)25-10)16-8-15(17-11(2)22-26-18(17)21-16)19(24)23-6-4-5-13(20)9-23;/h7-8,13H,4-6,9,20H2,1-3H3;1H. The van der Waals surface area contributed by atoms with Gasteiger partial charge in [-0.25, -0.2) is 4.98 Å². The van der Waals surface area contributed by atoms with Crippen LogP contribution in [0.2, 0.25) is 0 Å². The molecule has 144 valence electrons. The van der Waals surface area contributed by atoms with Crippen LogP contribution in [-0.2, 0) is 0 Å². The smallest absolute Gasteiger partial charge is 0.259 e. The number of rotatable bonds is 2. The highest BCUT2D eigenvalue weighted by Gasteiger charge is 2.27. The number of hydrogen-bond acceptors (Lipinski definition) is 6. The van der Waals surface area contributed by atoms with Gasteiger partial charge in [-0.3, -0.25) is 4.79 Å². The Morgan fingerprint density at radius 1 is 1.30 bits per heavy atom. The Balaban J connectivity index is 0.00000210. The molecule has 7 nitrogen and oxygen atoms in total. The SMILES string of the molecule is Cc1cc(-c2cc(C(=O)N3CCCC(N)C3)c3c(C)noc3n2)c(C)o1.Cl. The molecule has 0 radical (unpaired) electrons. The number of likely N-dealkylation sites (tertiary alicyclic amines) is 1. The summed E-state index contributed by atoms with van der Waals surface area (Å²) in [5, 5.41) is 4.67. The van der Waals surface area contributed by atoms with Crippen molar-refractivity contribution in [1.29, 1.82) is 0 Å². The molecule has 4 rings (SSSR count). The summed E-state index contributed by atoms with van der Waals surface area (Å²) in [6.45, 7) is 6.85. The molecule has 1 saturated heterocycles. The van der Waals surface area contributed by atoms with Crippen molar-refractivity contribution in [2.75, 3.05) is 13.1 Å². The summed E-state index contributed by atoms with van der Waals surface area (Å²) < 4.78 is 11.0. The minimum atomic E-state index is -0.0574. The Kier molecular flexibility index (Phi) is 5.26. The van der Waals surface area contributed by atoms with E-state index >= 15 is 0 Å². The van der Waals surface area contributed by atoms with E-state index in [1.165, 1.54) is 0 Å². The number of nitrogens with two attached hydrogens (primary N) is 1. The van der Waals surface area contributed by atoms with Crippen LogP contribution in [0, 0.1) is 20.8 Å². The Hall–Kier alpha value is -2.38. The molecule has 2 N–H and O–H groups in total. The second-order valence-corrected chi connectivity index (χ2v) is 6.98. The number of aromatic nitrogens is 2. The molecule has 27 heavy (non-hydrogen) atoms. The van der Waals surface area contributed by atoms with Crippen LogP contribution >= 0.6 is 12.4 Å². The molecule has 1 fully saturated rings. The van der Waals surface area contributed by atoms with Crippen LogP contribution in [0.1, 0.15) is 40.4 Å². The number of furan rings is 1. The molecule has 1 aliphatic rings. The fourth-order valence-electron chi connectivity index (χ4n) is 3.65. The van der Waals surface area contributed by atoms with E-state index in [-0.39, 0.29) is 24.4 Å². The zero-order valence-electron chi connectivity index (χ0n) is 15.6. The third-order valence-electron chi connectivity index (χ3n) is 4.91. The topological polar surface area (TPSA) is 98.4 Å². The summed E-state index contributed by atoms with van der Waals surface area (Å²) in [5.74, 6) is 1.49. The number of pyridine rings is 1. The van der Waals surface area contributed by atoms with Gasteiger partial charge in [0.1, 0.15) is 11.5 Å². The number of aryl methyl sites for hydroxylation is 3. The molecule has 1 unspecified atom stereocenters. The summed E-state index contributed by atoms with van der Waals surface area (Å²) in [4.78, 5) is 19.6. The molecular formula is C19H23ClN4O3. The Labute approximate surface area is 163 Å². The largest absolute Gasteiger partial charge is 0.466 e. The molecule has 8 heteroatoms.